The third-order valence-electron chi connectivity index (χ3n) is 2.95. The molecule has 1 aromatic rings. The van der Waals surface area contributed by atoms with Gasteiger partial charge in [0.15, 0.2) is 0 Å². The highest BCUT2D eigenvalue weighted by Gasteiger charge is 2.82. The maximum absolute atomic E-state index is 13.7. The summed E-state index contributed by atoms with van der Waals surface area (Å²) in [6.07, 6.45) is -6.82. The average Bonchev–Trinajstić information content (AvgIpc) is 2.37. The SMILES string of the molecule is C[C](C)c1cccc(C(F)(F)C(F)(F)C(F)(F)C(F)(F)F)c1. The molecule has 0 nitrogen and oxygen atoms in total. The van der Waals surface area contributed by atoms with Crippen molar-refractivity contribution in [2.24, 2.45) is 0 Å². The first-order valence-corrected chi connectivity index (χ1v) is 5.77. The fourth-order valence-electron chi connectivity index (χ4n) is 1.58. The van der Waals surface area contributed by atoms with E-state index >= 15 is 0 Å². The predicted octanol–water partition coefficient (Wildman–Crippen LogP) is 5.57. The summed E-state index contributed by atoms with van der Waals surface area (Å²) in [5, 5.41) is 0. The lowest BCUT2D eigenvalue weighted by atomic mass is 9.93. The Morgan fingerprint density at radius 1 is 0.773 bits per heavy atom. The largest absolute Gasteiger partial charge is 0.460 e. The lowest BCUT2D eigenvalue weighted by Gasteiger charge is -2.34. The van der Waals surface area contributed by atoms with E-state index in [1.54, 1.807) is 0 Å². The molecule has 22 heavy (non-hydrogen) atoms. The summed E-state index contributed by atoms with van der Waals surface area (Å²) in [4.78, 5) is 0. The second-order valence-electron chi connectivity index (χ2n) is 4.80. The monoisotopic (exact) mass is 337 g/mol. The van der Waals surface area contributed by atoms with Crippen LogP contribution in [0.4, 0.5) is 39.5 Å². The van der Waals surface area contributed by atoms with Gasteiger partial charge >= 0.3 is 23.9 Å². The van der Waals surface area contributed by atoms with Crippen LogP contribution in [0.5, 0.6) is 0 Å². The first kappa shape index (κ1) is 18.6. The van der Waals surface area contributed by atoms with Crippen molar-refractivity contribution in [2.45, 2.75) is 37.8 Å². The predicted molar refractivity (Wildman–Crippen MR) is 60.0 cm³/mol. The van der Waals surface area contributed by atoms with Crippen LogP contribution in [-0.2, 0) is 5.92 Å². The second-order valence-corrected chi connectivity index (χ2v) is 4.80. The maximum Gasteiger partial charge on any atom is 0.460 e. The number of hydrogen-bond donors (Lipinski definition) is 0. The third kappa shape index (κ3) is 2.77. The number of hydrogen-bond acceptors (Lipinski definition) is 0. The van der Waals surface area contributed by atoms with Crippen LogP contribution in [0.3, 0.4) is 0 Å². The molecule has 1 radical (unpaired) electrons. The minimum Gasteiger partial charge on any atom is -0.194 e. The van der Waals surface area contributed by atoms with Crippen molar-refractivity contribution in [1.29, 1.82) is 0 Å². The van der Waals surface area contributed by atoms with E-state index in [2.05, 4.69) is 0 Å². The van der Waals surface area contributed by atoms with Crippen LogP contribution in [0.1, 0.15) is 25.0 Å². The van der Waals surface area contributed by atoms with Crippen molar-refractivity contribution in [2.75, 3.05) is 0 Å². The Hall–Kier alpha value is -1.41. The quantitative estimate of drug-likeness (QED) is 0.630. The maximum atomic E-state index is 13.7. The van der Waals surface area contributed by atoms with Gasteiger partial charge in [-0.15, -0.1) is 0 Å². The van der Waals surface area contributed by atoms with Crippen molar-refractivity contribution in [1.82, 2.24) is 0 Å². The van der Waals surface area contributed by atoms with Crippen LogP contribution in [0.25, 0.3) is 0 Å². The van der Waals surface area contributed by atoms with Crippen molar-refractivity contribution in [3.05, 3.63) is 41.3 Å². The van der Waals surface area contributed by atoms with Gasteiger partial charge in [0.05, 0.1) is 0 Å². The fourth-order valence-corrected chi connectivity index (χ4v) is 1.58. The van der Waals surface area contributed by atoms with Gasteiger partial charge in [0.1, 0.15) is 0 Å². The van der Waals surface area contributed by atoms with E-state index in [1.807, 2.05) is 0 Å². The topological polar surface area (TPSA) is 0 Å². The van der Waals surface area contributed by atoms with E-state index in [0.29, 0.717) is 18.1 Å². The molecule has 1 aromatic carbocycles. The Morgan fingerprint density at radius 2 is 1.27 bits per heavy atom. The standard InChI is InChI=1S/C13H10F9/c1-7(2)8-4-3-5-9(6-8)10(14,15)11(16,17)12(18,19)13(20,21)22/h3-6H,1-2H3. The lowest BCUT2D eigenvalue weighted by molar-refractivity contribution is -0.399. The zero-order valence-corrected chi connectivity index (χ0v) is 11.2. The summed E-state index contributed by atoms with van der Waals surface area (Å²) in [6, 6.07) is 2.92. The zero-order chi connectivity index (χ0) is 17.6. The highest BCUT2D eigenvalue weighted by Crippen LogP contribution is 2.56. The van der Waals surface area contributed by atoms with Gasteiger partial charge < -0.3 is 0 Å². The Balaban J connectivity index is 3.42. The molecular weight excluding hydrogens is 327 g/mol. The Morgan fingerprint density at radius 3 is 1.68 bits per heavy atom. The van der Waals surface area contributed by atoms with Gasteiger partial charge in [0, 0.05) is 5.56 Å². The lowest BCUT2D eigenvalue weighted by Crippen LogP contribution is -2.59. The molecule has 0 heterocycles. The van der Waals surface area contributed by atoms with Crippen LogP contribution < -0.4 is 0 Å². The summed E-state index contributed by atoms with van der Waals surface area (Å²) in [5.74, 6) is -18.8. The van der Waals surface area contributed by atoms with E-state index in [-0.39, 0.29) is 5.56 Å². The molecule has 0 bridgehead atoms. The minimum atomic E-state index is -6.88. The highest BCUT2D eigenvalue weighted by molar-refractivity contribution is 5.35. The van der Waals surface area contributed by atoms with Crippen molar-refractivity contribution >= 4 is 0 Å². The summed E-state index contributed by atoms with van der Waals surface area (Å²) in [7, 11) is 0. The van der Waals surface area contributed by atoms with E-state index in [4.69, 9.17) is 0 Å². The van der Waals surface area contributed by atoms with Crippen molar-refractivity contribution < 1.29 is 39.5 Å². The number of halogens is 9. The van der Waals surface area contributed by atoms with E-state index in [0.717, 1.165) is 6.07 Å². The molecule has 0 fully saturated rings. The van der Waals surface area contributed by atoms with E-state index < -0.39 is 29.5 Å². The molecule has 0 aliphatic rings. The average molecular weight is 337 g/mol. The van der Waals surface area contributed by atoms with Crippen molar-refractivity contribution in [3.8, 4) is 0 Å². The molecule has 1 rings (SSSR count). The fraction of sp³-hybridized carbons (Fsp3) is 0.462. The molecule has 125 valence electrons. The second kappa shape index (κ2) is 5.34. The molecule has 0 aliphatic heterocycles. The van der Waals surface area contributed by atoms with Gasteiger partial charge in [0.2, 0.25) is 0 Å². The Bertz CT molecular complexity index is 529. The van der Waals surface area contributed by atoms with Crippen LogP contribution in [0.15, 0.2) is 24.3 Å². The number of alkyl halides is 9. The van der Waals surface area contributed by atoms with E-state index in [1.165, 1.54) is 19.9 Å². The van der Waals surface area contributed by atoms with Crippen molar-refractivity contribution in [3.63, 3.8) is 0 Å². The molecular formula is C13H10F9. The molecule has 0 saturated carbocycles. The van der Waals surface area contributed by atoms with E-state index in [9.17, 15) is 39.5 Å². The molecule has 0 N–H and O–H groups in total. The molecule has 0 saturated heterocycles. The molecule has 9 heteroatoms. The normalized spacial score (nSPS) is 14.5. The Labute approximate surface area is 119 Å². The molecule has 0 amide bonds. The van der Waals surface area contributed by atoms with Gasteiger partial charge in [-0.1, -0.05) is 32.0 Å². The van der Waals surface area contributed by atoms with Crippen LogP contribution in [0, 0.1) is 5.92 Å². The van der Waals surface area contributed by atoms with Gasteiger partial charge in [0.25, 0.3) is 0 Å². The van der Waals surface area contributed by atoms with Crippen LogP contribution in [0.2, 0.25) is 0 Å². The molecule has 0 aromatic heterocycles. The molecule has 0 spiro atoms. The minimum absolute atomic E-state index is 0.0169. The molecule has 0 aliphatic carbocycles. The summed E-state index contributed by atoms with van der Waals surface area (Å²) < 4.78 is 115. The first-order valence-electron chi connectivity index (χ1n) is 5.77. The van der Waals surface area contributed by atoms with Crippen LogP contribution in [-0.4, -0.2) is 18.0 Å². The smallest absolute Gasteiger partial charge is 0.194 e. The molecule has 0 atom stereocenters. The summed E-state index contributed by atoms with van der Waals surface area (Å²) in [6.45, 7) is 2.86. The van der Waals surface area contributed by atoms with Gasteiger partial charge in [-0.3, -0.25) is 0 Å². The number of benzene rings is 1. The first-order chi connectivity index (χ1) is 9.66. The Kier molecular flexibility index (Phi) is 4.53. The highest BCUT2D eigenvalue weighted by atomic mass is 19.4. The van der Waals surface area contributed by atoms with Gasteiger partial charge in [-0.25, -0.2) is 0 Å². The molecule has 0 unspecified atom stereocenters. The third-order valence-corrected chi connectivity index (χ3v) is 2.95. The number of rotatable bonds is 4. The van der Waals surface area contributed by atoms with Crippen LogP contribution >= 0.6 is 0 Å². The van der Waals surface area contributed by atoms with Gasteiger partial charge in [-0.2, -0.15) is 39.5 Å². The zero-order valence-electron chi connectivity index (χ0n) is 11.2. The summed E-state index contributed by atoms with van der Waals surface area (Å²) >= 11 is 0. The van der Waals surface area contributed by atoms with Gasteiger partial charge in [-0.05, 0) is 17.5 Å². The summed E-state index contributed by atoms with van der Waals surface area (Å²) in [5.41, 5.74) is -1.61.